The molecule has 2 nitrogen and oxygen atoms in total. The van der Waals surface area contributed by atoms with Crippen molar-refractivity contribution < 1.29 is 6.22 Å². The molecule has 62 valence electrons. The van der Waals surface area contributed by atoms with Gasteiger partial charge in [0.1, 0.15) is 0 Å². The fraction of sp³-hybridized carbons (Fsp3) is 0.875. The first kappa shape index (κ1) is 9.47. The molecule has 0 saturated heterocycles. The standard InChI is InChI=1S/C8H17NO.H2/c1-4-6-7(5-2)8(10)9-3;/h7H,4-6H2,1-3H3,(H,9,10);1H/t7-;/m0./s1. The summed E-state index contributed by atoms with van der Waals surface area (Å²) in [6, 6.07) is 0. The van der Waals surface area contributed by atoms with Crippen LogP contribution in [0.5, 0.6) is 0 Å². The van der Waals surface area contributed by atoms with E-state index in [1.165, 1.54) is 0 Å². The van der Waals surface area contributed by atoms with Crippen molar-refractivity contribution >= 4 is 5.91 Å². The van der Waals surface area contributed by atoms with Gasteiger partial charge >= 0.3 is 0 Å². The Kier molecular flexibility index (Phi) is 4.99. The van der Waals surface area contributed by atoms with E-state index < -0.39 is 0 Å². The van der Waals surface area contributed by atoms with Crippen LogP contribution < -0.4 is 5.32 Å². The largest absolute Gasteiger partial charge is 0.359 e. The Labute approximate surface area is 64.5 Å². The molecular weight excluding hydrogens is 126 g/mol. The lowest BCUT2D eigenvalue weighted by Crippen LogP contribution is -2.26. The molecule has 0 aliphatic heterocycles. The summed E-state index contributed by atoms with van der Waals surface area (Å²) in [5.74, 6) is 0.416. The summed E-state index contributed by atoms with van der Waals surface area (Å²) in [5.41, 5.74) is 0. The third kappa shape index (κ3) is 2.85. The lowest BCUT2D eigenvalue weighted by molar-refractivity contribution is -0.124. The normalized spacial score (nSPS) is 12.7. The monoisotopic (exact) mass is 145 g/mol. The topological polar surface area (TPSA) is 29.1 Å². The summed E-state index contributed by atoms with van der Waals surface area (Å²) in [6.45, 7) is 4.15. The maximum absolute atomic E-state index is 11.0. The maximum atomic E-state index is 11.0. The smallest absolute Gasteiger partial charge is 0.222 e. The van der Waals surface area contributed by atoms with Crippen LogP contribution in [0.25, 0.3) is 0 Å². The third-order valence-corrected chi connectivity index (χ3v) is 1.75. The van der Waals surface area contributed by atoms with Crippen LogP contribution in [0.3, 0.4) is 0 Å². The third-order valence-electron chi connectivity index (χ3n) is 1.75. The predicted octanol–water partition coefficient (Wildman–Crippen LogP) is 1.80. The first-order valence-electron chi connectivity index (χ1n) is 3.97. The van der Waals surface area contributed by atoms with Gasteiger partial charge in [-0.1, -0.05) is 20.3 Å². The molecule has 0 saturated carbocycles. The molecule has 0 aliphatic rings. The number of carbonyl (C=O) groups is 1. The van der Waals surface area contributed by atoms with E-state index in [1.54, 1.807) is 7.05 Å². The second-order valence-electron chi connectivity index (χ2n) is 2.51. The minimum Gasteiger partial charge on any atom is -0.359 e. The van der Waals surface area contributed by atoms with Crippen molar-refractivity contribution in [3.63, 3.8) is 0 Å². The van der Waals surface area contributed by atoms with E-state index in [9.17, 15) is 4.79 Å². The second-order valence-corrected chi connectivity index (χ2v) is 2.51. The number of nitrogens with one attached hydrogen (secondary N) is 1. The molecule has 2 heteroatoms. The first-order chi connectivity index (χ1) is 4.76. The molecule has 0 aromatic heterocycles. The van der Waals surface area contributed by atoms with Crippen molar-refractivity contribution in [2.24, 2.45) is 5.92 Å². The zero-order valence-corrected chi connectivity index (χ0v) is 7.11. The van der Waals surface area contributed by atoms with Gasteiger partial charge in [0.2, 0.25) is 5.91 Å². The minimum absolute atomic E-state index is 0. The van der Waals surface area contributed by atoms with E-state index in [0.717, 1.165) is 19.3 Å². The van der Waals surface area contributed by atoms with Gasteiger partial charge in [-0.05, 0) is 12.8 Å². The lowest BCUT2D eigenvalue weighted by Gasteiger charge is -2.10. The summed E-state index contributed by atoms with van der Waals surface area (Å²) < 4.78 is 0. The maximum Gasteiger partial charge on any atom is 0.222 e. The van der Waals surface area contributed by atoms with Crippen molar-refractivity contribution in [1.29, 1.82) is 0 Å². The quantitative estimate of drug-likeness (QED) is 0.642. The highest BCUT2D eigenvalue weighted by Crippen LogP contribution is 2.09. The van der Waals surface area contributed by atoms with Crippen molar-refractivity contribution in [1.82, 2.24) is 5.32 Å². The molecular formula is C8H19NO. The van der Waals surface area contributed by atoms with Crippen LogP contribution in [0, 0.1) is 5.92 Å². The lowest BCUT2D eigenvalue weighted by atomic mass is 10.0. The number of amides is 1. The summed E-state index contributed by atoms with van der Waals surface area (Å²) in [6.07, 6.45) is 3.05. The van der Waals surface area contributed by atoms with Crippen LogP contribution >= 0.6 is 0 Å². The molecule has 0 aliphatic carbocycles. The highest BCUT2D eigenvalue weighted by molar-refractivity contribution is 5.78. The number of hydrogen-bond acceptors (Lipinski definition) is 1. The Balaban J connectivity index is 0. The van der Waals surface area contributed by atoms with Gasteiger partial charge in [0.25, 0.3) is 0 Å². The van der Waals surface area contributed by atoms with Crippen molar-refractivity contribution in [3.8, 4) is 0 Å². The van der Waals surface area contributed by atoms with Crippen LogP contribution in [-0.4, -0.2) is 13.0 Å². The Morgan fingerprint density at radius 1 is 1.60 bits per heavy atom. The van der Waals surface area contributed by atoms with Crippen molar-refractivity contribution in [3.05, 3.63) is 0 Å². The van der Waals surface area contributed by atoms with E-state index in [4.69, 9.17) is 0 Å². The van der Waals surface area contributed by atoms with Gasteiger partial charge in [-0.3, -0.25) is 4.79 Å². The number of carbonyl (C=O) groups excluding carboxylic acids is 1. The Hall–Kier alpha value is -0.530. The Bertz CT molecular complexity index is 106. The van der Waals surface area contributed by atoms with Gasteiger partial charge in [0.05, 0.1) is 0 Å². The van der Waals surface area contributed by atoms with Gasteiger partial charge in [-0.15, -0.1) is 0 Å². The van der Waals surface area contributed by atoms with Crippen LogP contribution in [0.1, 0.15) is 34.5 Å². The zero-order chi connectivity index (χ0) is 7.98. The fourth-order valence-electron chi connectivity index (χ4n) is 1.07. The van der Waals surface area contributed by atoms with E-state index >= 15 is 0 Å². The van der Waals surface area contributed by atoms with E-state index in [1.807, 2.05) is 0 Å². The molecule has 0 bridgehead atoms. The molecule has 0 heterocycles. The average Bonchev–Trinajstić information content (AvgIpc) is 1.99. The molecule has 1 amide bonds. The zero-order valence-electron chi connectivity index (χ0n) is 7.11. The molecule has 10 heavy (non-hydrogen) atoms. The number of rotatable bonds is 4. The second kappa shape index (κ2) is 5.27. The predicted molar refractivity (Wildman–Crippen MR) is 44.9 cm³/mol. The molecule has 0 spiro atoms. The Morgan fingerprint density at radius 3 is 2.50 bits per heavy atom. The molecule has 0 rings (SSSR count). The molecule has 0 aromatic carbocycles. The van der Waals surface area contributed by atoms with Crippen LogP contribution in [-0.2, 0) is 4.79 Å². The van der Waals surface area contributed by atoms with E-state index in [-0.39, 0.29) is 13.3 Å². The van der Waals surface area contributed by atoms with E-state index in [2.05, 4.69) is 19.2 Å². The van der Waals surface area contributed by atoms with Gasteiger partial charge < -0.3 is 5.32 Å². The molecule has 1 atom stereocenters. The van der Waals surface area contributed by atoms with Crippen LogP contribution in [0.4, 0.5) is 0 Å². The minimum atomic E-state index is 0. The van der Waals surface area contributed by atoms with Gasteiger partial charge in [0, 0.05) is 14.4 Å². The summed E-state index contributed by atoms with van der Waals surface area (Å²) >= 11 is 0. The SMILES string of the molecule is CCC[C@H](CC)C(=O)NC.[HH]. The highest BCUT2D eigenvalue weighted by atomic mass is 16.1. The van der Waals surface area contributed by atoms with Crippen LogP contribution in [0.2, 0.25) is 0 Å². The van der Waals surface area contributed by atoms with Gasteiger partial charge in [-0.25, -0.2) is 0 Å². The van der Waals surface area contributed by atoms with Crippen molar-refractivity contribution in [2.75, 3.05) is 7.05 Å². The molecule has 1 N–H and O–H groups in total. The average molecular weight is 145 g/mol. The summed E-state index contributed by atoms with van der Waals surface area (Å²) in [7, 11) is 1.70. The highest BCUT2D eigenvalue weighted by Gasteiger charge is 2.12. The molecule has 0 fully saturated rings. The van der Waals surface area contributed by atoms with Crippen LogP contribution in [0.15, 0.2) is 0 Å². The Morgan fingerprint density at radius 2 is 2.20 bits per heavy atom. The van der Waals surface area contributed by atoms with Crippen molar-refractivity contribution in [2.45, 2.75) is 33.1 Å². The molecule has 0 aromatic rings. The summed E-state index contributed by atoms with van der Waals surface area (Å²) in [5, 5.41) is 2.66. The fourth-order valence-corrected chi connectivity index (χ4v) is 1.07. The first-order valence-corrected chi connectivity index (χ1v) is 3.97. The molecule has 0 unspecified atom stereocenters. The molecule has 0 radical (unpaired) electrons. The summed E-state index contributed by atoms with van der Waals surface area (Å²) in [4.78, 5) is 11.0. The van der Waals surface area contributed by atoms with E-state index in [0.29, 0.717) is 0 Å². The van der Waals surface area contributed by atoms with Gasteiger partial charge in [0.15, 0.2) is 0 Å². The van der Waals surface area contributed by atoms with Gasteiger partial charge in [-0.2, -0.15) is 0 Å². The number of hydrogen-bond donors (Lipinski definition) is 1.